The van der Waals surface area contributed by atoms with E-state index in [1.807, 2.05) is 13.8 Å². The number of hydrogen-bond donors (Lipinski definition) is 2. The fourth-order valence-electron chi connectivity index (χ4n) is 1.61. The average Bonchev–Trinajstić information content (AvgIpc) is 2.38. The van der Waals surface area contributed by atoms with Crippen molar-refractivity contribution >= 4 is 17.8 Å². The number of aryl methyl sites for hydroxylation is 1. The number of nitrogens with one attached hydrogen (secondary N) is 2. The summed E-state index contributed by atoms with van der Waals surface area (Å²) in [5.41, 5.74) is 0.823. The minimum atomic E-state index is -0.472. The number of nitrogens with zero attached hydrogens (tertiary/aromatic N) is 2. The molecule has 116 valence electrons. The van der Waals surface area contributed by atoms with Gasteiger partial charge in [-0.15, -0.1) is 0 Å². The van der Waals surface area contributed by atoms with Gasteiger partial charge in [0.2, 0.25) is 11.9 Å². The van der Waals surface area contributed by atoms with Gasteiger partial charge in [0.1, 0.15) is 6.04 Å². The van der Waals surface area contributed by atoms with E-state index in [0.717, 1.165) is 0 Å². The van der Waals surface area contributed by atoms with Crippen LogP contribution in [0.15, 0.2) is 6.20 Å². The summed E-state index contributed by atoms with van der Waals surface area (Å²) in [6, 6.07) is -0.407. The standard InChI is InChI=1S/C14H22N4O3/c1-6-21-13(20)11-7-15-14(17-9(11)4)18-10(5)12(19)16-8(2)3/h7-8,10H,6H2,1-5H3,(H,16,19)(H,15,17,18). The van der Waals surface area contributed by atoms with Crippen molar-refractivity contribution in [2.24, 2.45) is 0 Å². The highest BCUT2D eigenvalue weighted by atomic mass is 16.5. The molecule has 21 heavy (non-hydrogen) atoms. The second kappa shape index (κ2) is 7.56. The topological polar surface area (TPSA) is 93.2 Å². The molecule has 1 atom stereocenters. The molecule has 0 aliphatic heterocycles. The lowest BCUT2D eigenvalue weighted by molar-refractivity contribution is -0.122. The van der Waals surface area contributed by atoms with Gasteiger partial charge in [0.15, 0.2) is 0 Å². The lowest BCUT2D eigenvalue weighted by Gasteiger charge is -2.16. The van der Waals surface area contributed by atoms with Crippen LogP contribution in [0.3, 0.4) is 0 Å². The summed E-state index contributed by atoms with van der Waals surface area (Å²) in [6.07, 6.45) is 1.40. The summed E-state index contributed by atoms with van der Waals surface area (Å²) in [4.78, 5) is 31.7. The van der Waals surface area contributed by atoms with E-state index < -0.39 is 12.0 Å². The molecule has 1 amide bonds. The largest absolute Gasteiger partial charge is 0.462 e. The molecule has 0 spiro atoms. The Kier molecular flexibility index (Phi) is 6.08. The van der Waals surface area contributed by atoms with Gasteiger partial charge in [-0.05, 0) is 34.6 Å². The maximum atomic E-state index is 11.8. The fraction of sp³-hybridized carbons (Fsp3) is 0.571. The minimum absolute atomic E-state index is 0.0654. The summed E-state index contributed by atoms with van der Waals surface area (Å²) in [5.74, 6) is -0.292. The van der Waals surface area contributed by atoms with E-state index in [1.54, 1.807) is 20.8 Å². The Labute approximate surface area is 124 Å². The molecule has 1 heterocycles. The number of amides is 1. The number of carbonyl (C=O) groups excluding carboxylic acids is 2. The molecule has 0 bridgehead atoms. The number of esters is 1. The lowest BCUT2D eigenvalue weighted by Crippen LogP contribution is -2.41. The predicted molar refractivity (Wildman–Crippen MR) is 79.1 cm³/mol. The van der Waals surface area contributed by atoms with Crippen molar-refractivity contribution in [3.8, 4) is 0 Å². The van der Waals surface area contributed by atoms with Crippen molar-refractivity contribution in [1.82, 2.24) is 15.3 Å². The third kappa shape index (κ3) is 5.02. The molecule has 7 nitrogen and oxygen atoms in total. The summed E-state index contributed by atoms with van der Waals surface area (Å²) in [5, 5.41) is 5.69. The van der Waals surface area contributed by atoms with Gasteiger partial charge >= 0.3 is 5.97 Å². The number of aromatic nitrogens is 2. The molecule has 1 rings (SSSR count). The highest BCUT2D eigenvalue weighted by Crippen LogP contribution is 2.09. The van der Waals surface area contributed by atoms with Crippen LogP contribution in [0.25, 0.3) is 0 Å². The van der Waals surface area contributed by atoms with Crippen molar-refractivity contribution in [1.29, 1.82) is 0 Å². The van der Waals surface area contributed by atoms with Crippen molar-refractivity contribution < 1.29 is 14.3 Å². The van der Waals surface area contributed by atoms with Crippen molar-refractivity contribution in [2.75, 3.05) is 11.9 Å². The van der Waals surface area contributed by atoms with Crippen LogP contribution in [0.4, 0.5) is 5.95 Å². The first-order chi connectivity index (χ1) is 9.85. The van der Waals surface area contributed by atoms with E-state index in [4.69, 9.17) is 4.74 Å². The Hall–Kier alpha value is -2.18. The summed E-state index contributed by atoms with van der Waals surface area (Å²) < 4.78 is 4.91. The molecule has 0 fully saturated rings. The zero-order valence-corrected chi connectivity index (χ0v) is 13.1. The van der Waals surface area contributed by atoms with Gasteiger partial charge in [0, 0.05) is 12.2 Å². The Balaban J connectivity index is 2.75. The fourth-order valence-corrected chi connectivity index (χ4v) is 1.61. The number of anilines is 1. The number of ether oxygens (including phenoxy) is 1. The second-order valence-electron chi connectivity index (χ2n) is 4.94. The predicted octanol–water partition coefficient (Wildman–Crippen LogP) is 1.29. The molecule has 1 unspecified atom stereocenters. The van der Waals surface area contributed by atoms with E-state index in [1.165, 1.54) is 6.20 Å². The van der Waals surface area contributed by atoms with Crippen molar-refractivity contribution in [3.05, 3.63) is 17.5 Å². The van der Waals surface area contributed by atoms with Crippen LogP contribution in [0.5, 0.6) is 0 Å². The van der Waals surface area contributed by atoms with Crippen molar-refractivity contribution in [3.63, 3.8) is 0 Å². The van der Waals surface area contributed by atoms with Crippen LogP contribution >= 0.6 is 0 Å². The van der Waals surface area contributed by atoms with Crippen LogP contribution in [-0.4, -0.2) is 40.5 Å². The first kappa shape index (κ1) is 16.9. The first-order valence-electron chi connectivity index (χ1n) is 6.92. The first-order valence-corrected chi connectivity index (χ1v) is 6.92. The van der Waals surface area contributed by atoms with Gasteiger partial charge in [-0.3, -0.25) is 4.79 Å². The highest BCUT2D eigenvalue weighted by molar-refractivity contribution is 5.90. The number of carbonyl (C=O) groups is 2. The Bertz CT molecular complexity index is 517. The maximum absolute atomic E-state index is 11.8. The molecule has 0 aliphatic rings. The molecular formula is C14H22N4O3. The zero-order valence-electron chi connectivity index (χ0n) is 13.1. The highest BCUT2D eigenvalue weighted by Gasteiger charge is 2.17. The molecule has 0 saturated heterocycles. The van der Waals surface area contributed by atoms with Crippen molar-refractivity contribution in [2.45, 2.75) is 46.7 Å². The van der Waals surface area contributed by atoms with E-state index in [9.17, 15) is 9.59 Å². The van der Waals surface area contributed by atoms with Gasteiger partial charge in [-0.2, -0.15) is 0 Å². The number of rotatable bonds is 6. The zero-order chi connectivity index (χ0) is 16.0. The molecular weight excluding hydrogens is 272 g/mol. The van der Waals surface area contributed by atoms with E-state index in [-0.39, 0.29) is 11.9 Å². The molecule has 2 N–H and O–H groups in total. The van der Waals surface area contributed by atoms with Gasteiger partial charge in [0.05, 0.1) is 17.9 Å². The summed E-state index contributed by atoms with van der Waals surface area (Å²) in [6.45, 7) is 9.22. The molecule has 0 radical (unpaired) electrons. The molecule has 0 aliphatic carbocycles. The molecule has 1 aromatic heterocycles. The van der Waals surface area contributed by atoms with Gasteiger partial charge in [-0.25, -0.2) is 14.8 Å². The molecule has 0 saturated carbocycles. The maximum Gasteiger partial charge on any atom is 0.341 e. The Morgan fingerprint density at radius 1 is 1.33 bits per heavy atom. The quantitative estimate of drug-likeness (QED) is 0.768. The number of hydrogen-bond acceptors (Lipinski definition) is 6. The normalized spacial score (nSPS) is 11.9. The smallest absolute Gasteiger partial charge is 0.341 e. The van der Waals surface area contributed by atoms with E-state index in [2.05, 4.69) is 20.6 Å². The van der Waals surface area contributed by atoms with E-state index in [0.29, 0.717) is 23.8 Å². The Morgan fingerprint density at radius 3 is 2.52 bits per heavy atom. The Morgan fingerprint density at radius 2 is 2.00 bits per heavy atom. The van der Waals surface area contributed by atoms with Crippen LogP contribution in [0, 0.1) is 6.92 Å². The monoisotopic (exact) mass is 294 g/mol. The third-order valence-corrected chi connectivity index (χ3v) is 2.64. The lowest BCUT2D eigenvalue weighted by atomic mass is 10.2. The van der Waals surface area contributed by atoms with Crippen LogP contribution < -0.4 is 10.6 Å². The third-order valence-electron chi connectivity index (χ3n) is 2.64. The molecule has 1 aromatic rings. The van der Waals surface area contributed by atoms with Crippen LogP contribution in [0.1, 0.15) is 43.7 Å². The summed E-state index contributed by atoms with van der Waals surface area (Å²) >= 11 is 0. The minimum Gasteiger partial charge on any atom is -0.462 e. The summed E-state index contributed by atoms with van der Waals surface area (Å²) in [7, 11) is 0. The molecule has 0 aromatic carbocycles. The van der Waals surface area contributed by atoms with Crippen LogP contribution in [-0.2, 0) is 9.53 Å². The van der Waals surface area contributed by atoms with Gasteiger partial charge in [0.25, 0.3) is 0 Å². The van der Waals surface area contributed by atoms with Gasteiger partial charge < -0.3 is 15.4 Å². The SMILES string of the molecule is CCOC(=O)c1cnc(NC(C)C(=O)NC(C)C)nc1C. The van der Waals surface area contributed by atoms with E-state index >= 15 is 0 Å². The molecule has 7 heteroatoms. The van der Waals surface area contributed by atoms with Gasteiger partial charge in [-0.1, -0.05) is 0 Å². The van der Waals surface area contributed by atoms with Crippen LogP contribution in [0.2, 0.25) is 0 Å². The second-order valence-corrected chi connectivity index (χ2v) is 4.94. The average molecular weight is 294 g/mol.